The minimum absolute atomic E-state index is 0.0116. The highest BCUT2D eigenvalue weighted by Crippen LogP contribution is 2.26. The standard InChI is InChI=1S/C13H18F2N2S2/c1-8(4-5-19-3)17(2)12-10(14)6-9(13(16)18)7-11(12)15/h6-8H,4-5H2,1-3H3,(H2,16,18). The number of rotatable bonds is 6. The molecule has 0 spiro atoms. The van der Waals surface area contributed by atoms with E-state index >= 15 is 0 Å². The van der Waals surface area contributed by atoms with Gasteiger partial charge in [0.05, 0.1) is 0 Å². The van der Waals surface area contributed by atoms with Gasteiger partial charge in [-0.1, -0.05) is 12.2 Å². The van der Waals surface area contributed by atoms with Crippen LogP contribution in [0.4, 0.5) is 14.5 Å². The number of benzene rings is 1. The summed E-state index contributed by atoms with van der Waals surface area (Å²) >= 11 is 6.44. The molecule has 6 heteroatoms. The lowest BCUT2D eigenvalue weighted by Gasteiger charge is -2.27. The summed E-state index contributed by atoms with van der Waals surface area (Å²) in [5.41, 5.74) is 5.56. The highest BCUT2D eigenvalue weighted by atomic mass is 32.2. The maximum atomic E-state index is 14.0. The second-order valence-corrected chi connectivity index (χ2v) is 5.82. The zero-order chi connectivity index (χ0) is 14.6. The molecule has 106 valence electrons. The molecule has 1 atom stereocenters. The van der Waals surface area contributed by atoms with Crippen LogP contribution in [0.1, 0.15) is 18.9 Å². The number of nitrogens with two attached hydrogens (primary N) is 1. The van der Waals surface area contributed by atoms with E-state index in [4.69, 9.17) is 18.0 Å². The van der Waals surface area contributed by atoms with Crippen LogP contribution in [0.25, 0.3) is 0 Å². The molecule has 2 N–H and O–H groups in total. The molecule has 0 aliphatic rings. The van der Waals surface area contributed by atoms with Gasteiger partial charge in [0.2, 0.25) is 0 Å². The van der Waals surface area contributed by atoms with Crippen LogP contribution >= 0.6 is 24.0 Å². The van der Waals surface area contributed by atoms with Crippen molar-refractivity contribution in [2.75, 3.05) is 24.0 Å². The minimum atomic E-state index is -0.638. The minimum Gasteiger partial charge on any atom is -0.389 e. The van der Waals surface area contributed by atoms with Crippen molar-refractivity contribution in [3.05, 3.63) is 29.3 Å². The van der Waals surface area contributed by atoms with Crippen LogP contribution in [-0.4, -0.2) is 30.1 Å². The first-order chi connectivity index (χ1) is 8.88. The maximum absolute atomic E-state index is 14.0. The number of hydrogen-bond acceptors (Lipinski definition) is 3. The Hall–Kier alpha value is -0.880. The molecule has 2 nitrogen and oxygen atoms in total. The van der Waals surface area contributed by atoms with Crippen molar-refractivity contribution in [2.45, 2.75) is 19.4 Å². The average molecular weight is 304 g/mol. The van der Waals surface area contributed by atoms with E-state index < -0.39 is 11.6 Å². The van der Waals surface area contributed by atoms with Gasteiger partial charge in [0.25, 0.3) is 0 Å². The highest BCUT2D eigenvalue weighted by molar-refractivity contribution is 7.98. The van der Waals surface area contributed by atoms with Gasteiger partial charge in [-0.2, -0.15) is 11.8 Å². The Labute approximate surface area is 122 Å². The summed E-state index contributed by atoms with van der Waals surface area (Å²) in [7, 11) is 1.69. The number of nitrogens with zero attached hydrogens (tertiary/aromatic N) is 1. The fourth-order valence-corrected chi connectivity index (χ4v) is 2.44. The molecule has 0 bridgehead atoms. The summed E-state index contributed by atoms with van der Waals surface area (Å²) in [6, 6.07) is 2.41. The molecule has 1 unspecified atom stereocenters. The normalized spacial score (nSPS) is 12.3. The van der Waals surface area contributed by atoms with E-state index in [0.717, 1.165) is 12.2 Å². The summed E-state index contributed by atoms with van der Waals surface area (Å²) in [5.74, 6) is -0.331. The fourth-order valence-electron chi connectivity index (χ4n) is 1.75. The van der Waals surface area contributed by atoms with Crippen LogP contribution in [0.2, 0.25) is 0 Å². The van der Waals surface area contributed by atoms with Gasteiger partial charge in [0.1, 0.15) is 22.3 Å². The molecule has 0 aromatic heterocycles. The molecule has 0 fully saturated rings. The van der Waals surface area contributed by atoms with Crippen LogP contribution in [0.5, 0.6) is 0 Å². The molecular formula is C13H18F2N2S2. The molecule has 19 heavy (non-hydrogen) atoms. The Morgan fingerprint density at radius 2 is 1.95 bits per heavy atom. The number of thioether (sulfide) groups is 1. The lowest BCUT2D eigenvalue weighted by atomic mass is 10.1. The van der Waals surface area contributed by atoms with E-state index in [-0.39, 0.29) is 22.3 Å². The van der Waals surface area contributed by atoms with Crippen molar-refractivity contribution in [3.8, 4) is 0 Å². The van der Waals surface area contributed by atoms with Crippen molar-refractivity contribution in [1.29, 1.82) is 0 Å². The fraction of sp³-hybridized carbons (Fsp3) is 0.462. The van der Waals surface area contributed by atoms with E-state index in [1.54, 1.807) is 23.7 Å². The van der Waals surface area contributed by atoms with Crippen molar-refractivity contribution < 1.29 is 8.78 Å². The van der Waals surface area contributed by atoms with Crippen molar-refractivity contribution in [3.63, 3.8) is 0 Å². The number of hydrogen-bond donors (Lipinski definition) is 1. The van der Waals surface area contributed by atoms with Gasteiger partial charge < -0.3 is 10.6 Å². The summed E-state index contributed by atoms with van der Waals surface area (Å²) in [6.45, 7) is 1.94. The first kappa shape index (κ1) is 16.2. The third-order valence-electron chi connectivity index (χ3n) is 3.06. The maximum Gasteiger partial charge on any atom is 0.150 e. The van der Waals surface area contributed by atoms with Crippen molar-refractivity contribution in [2.24, 2.45) is 5.73 Å². The summed E-state index contributed by atoms with van der Waals surface area (Å²) in [6.07, 6.45) is 2.86. The Morgan fingerprint density at radius 3 is 2.37 bits per heavy atom. The van der Waals surface area contributed by atoms with Crippen LogP contribution in [0.15, 0.2) is 12.1 Å². The van der Waals surface area contributed by atoms with E-state index in [9.17, 15) is 8.78 Å². The first-order valence-corrected chi connectivity index (χ1v) is 7.69. The molecule has 0 aliphatic carbocycles. The number of thiocarbonyl (C=S) groups is 1. The number of anilines is 1. The Bertz CT molecular complexity index is 443. The van der Waals surface area contributed by atoms with Gasteiger partial charge in [-0.05, 0) is 37.5 Å². The first-order valence-electron chi connectivity index (χ1n) is 5.89. The zero-order valence-electron chi connectivity index (χ0n) is 11.2. The molecule has 1 aromatic rings. The molecular weight excluding hydrogens is 286 g/mol. The lowest BCUT2D eigenvalue weighted by molar-refractivity contribution is 0.557. The SMILES string of the molecule is CSCCC(C)N(C)c1c(F)cc(C(N)=S)cc1F. The zero-order valence-corrected chi connectivity index (χ0v) is 12.9. The van der Waals surface area contributed by atoms with Gasteiger partial charge in [0.15, 0.2) is 0 Å². The van der Waals surface area contributed by atoms with Crippen molar-refractivity contribution >= 4 is 34.7 Å². The smallest absolute Gasteiger partial charge is 0.150 e. The topological polar surface area (TPSA) is 29.3 Å². The van der Waals surface area contributed by atoms with Crippen LogP contribution in [0, 0.1) is 11.6 Å². The second-order valence-electron chi connectivity index (χ2n) is 4.39. The molecule has 0 saturated carbocycles. The quantitative estimate of drug-likeness (QED) is 0.817. The Balaban J connectivity index is 3.03. The molecule has 0 amide bonds. The van der Waals surface area contributed by atoms with Gasteiger partial charge in [0, 0.05) is 18.7 Å². The number of halogens is 2. The molecule has 0 saturated heterocycles. The third-order valence-corrected chi connectivity index (χ3v) is 3.93. The predicted molar refractivity (Wildman–Crippen MR) is 83.1 cm³/mol. The monoisotopic (exact) mass is 304 g/mol. The largest absolute Gasteiger partial charge is 0.389 e. The molecule has 0 heterocycles. The molecule has 0 aliphatic heterocycles. The van der Waals surface area contributed by atoms with E-state index in [0.29, 0.717) is 0 Å². The highest BCUT2D eigenvalue weighted by Gasteiger charge is 2.19. The van der Waals surface area contributed by atoms with Crippen LogP contribution in [-0.2, 0) is 0 Å². The summed E-state index contributed by atoms with van der Waals surface area (Å²) < 4.78 is 28.0. The van der Waals surface area contributed by atoms with Gasteiger partial charge in [-0.15, -0.1) is 0 Å². The van der Waals surface area contributed by atoms with Gasteiger partial charge in [-0.3, -0.25) is 0 Å². The Kier molecular flexibility index (Phi) is 6.00. The van der Waals surface area contributed by atoms with Crippen LogP contribution in [0.3, 0.4) is 0 Å². The predicted octanol–water partition coefficient (Wildman–Crippen LogP) is 3.18. The van der Waals surface area contributed by atoms with Crippen molar-refractivity contribution in [1.82, 2.24) is 0 Å². The average Bonchev–Trinajstić information content (AvgIpc) is 2.34. The van der Waals surface area contributed by atoms with E-state index in [2.05, 4.69) is 0 Å². The second kappa shape index (κ2) is 7.05. The lowest BCUT2D eigenvalue weighted by Crippen LogP contribution is -2.31. The summed E-state index contributed by atoms with van der Waals surface area (Å²) in [5, 5.41) is 0. The molecule has 0 radical (unpaired) electrons. The van der Waals surface area contributed by atoms with Gasteiger partial charge >= 0.3 is 0 Å². The third kappa shape index (κ3) is 4.04. The Morgan fingerprint density at radius 1 is 1.42 bits per heavy atom. The van der Waals surface area contributed by atoms with E-state index in [1.165, 1.54) is 12.1 Å². The molecule has 1 aromatic carbocycles. The van der Waals surface area contributed by atoms with Crippen LogP contribution < -0.4 is 10.6 Å². The van der Waals surface area contributed by atoms with Gasteiger partial charge in [-0.25, -0.2) is 8.78 Å². The van der Waals surface area contributed by atoms with E-state index in [1.807, 2.05) is 13.2 Å². The molecule has 1 rings (SSSR count). The summed E-state index contributed by atoms with van der Waals surface area (Å²) in [4.78, 5) is 1.60.